The highest BCUT2D eigenvalue weighted by Gasteiger charge is 2.17. The number of pyridine rings is 1. The predicted octanol–water partition coefficient (Wildman–Crippen LogP) is 2.27. The van der Waals surface area contributed by atoms with Crippen LogP contribution in [0.2, 0.25) is 0 Å². The molecule has 5 heteroatoms. The van der Waals surface area contributed by atoms with Gasteiger partial charge in [0.05, 0.1) is 24.9 Å². The van der Waals surface area contributed by atoms with Crippen molar-refractivity contribution in [2.45, 2.75) is 6.54 Å². The molecule has 0 N–H and O–H groups in total. The monoisotopic (exact) mass is 267 g/mol. The molecule has 5 nitrogen and oxygen atoms in total. The van der Waals surface area contributed by atoms with Gasteiger partial charge in [0.25, 0.3) is 0 Å². The Morgan fingerprint density at radius 2 is 2.00 bits per heavy atom. The van der Waals surface area contributed by atoms with E-state index in [9.17, 15) is 4.79 Å². The molecule has 0 aliphatic rings. The lowest BCUT2D eigenvalue weighted by Crippen LogP contribution is -2.07. The van der Waals surface area contributed by atoms with E-state index in [1.54, 1.807) is 10.9 Å². The Morgan fingerprint density at radius 3 is 2.75 bits per heavy atom. The number of carbonyl (C=O) groups excluding carboxylic acids is 1. The minimum Gasteiger partial charge on any atom is -0.464 e. The Hall–Kier alpha value is -2.69. The normalized spacial score (nSPS) is 10.7. The molecule has 0 saturated carbocycles. The summed E-state index contributed by atoms with van der Waals surface area (Å²) in [6.45, 7) is 0.512. The Bertz CT molecular complexity index is 750. The van der Waals surface area contributed by atoms with Gasteiger partial charge in [-0.15, -0.1) is 0 Å². The third-order valence-corrected chi connectivity index (χ3v) is 3.07. The van der Waals surface area contributed by atoms with Crippen molar-refractivity contribution in [1.29, 1.82) is 0 Å². The van der Waals surface area contributed by atoms with Crippen molar-refractivity contribution in [3.8, 4) is 0 Å². The number of nitrogens with zero attached hydrogens (tertiary/aromatic N) is 3. The average Bonchev–Trinajstić information content (AvgIpc) is 2.87. The molecule has 2 heterocycles. The standard InChI is InChI=1S/C15H13N3O2/c1-20-15(19)14-12-7-2-3-8-13(12)18(17-14)10-11-6-4-5-9-16-11/h2-9H,10H2,1H3. The largest absolute Gasteiger partial charge is 0.464 e. The Labute approximate surface area is 115 Å². The van der Waals surface area contributed by atoms with E-state index in [0.29, 0.717) is 12.2 Å². The minimum absolute atomic E-state index is 0.332. The van der Waals surface area contributed by atoms with Gasteiger partial charge in [-0.2, -0.15) is 5.10 Å². The molecule has 3 rings (SSSR count). The SMILES string of the molecule is COC(=O)c1nn(Cc2ccccn2)c2ccccc12. The van der Waals surface area contributed by atoms with Gasteiger partial charge < -0.3 is 4.74 Å². The number of aromatic nitrogens is 3. The highest BCUT2D eigenvalue weighted by atomic mass is 16.5. The zero-order chi connectivity index (χ0) is 13.9. The first-order valence-electron chi connectivity index (χ1n) is 6.23. The van der Waals surface area contributed by atoms with Crippen LogP contribution in [0.5, 0.6) is 0 Å². The number of carbonyl (C=O) groups is 1. The van der Waals surface area contributed by atoms with Crippen LogP contribution in [-0.4, -0.2) is 27.8 Å². The number of hydrogen-bond acceptors (Lipinski definition) is 4. The van der Waals surface area contributed by atoms with Gasteiger partial charge in [0.1, 0.15) is 0 Å². The summed E-state index contributed by atoms with van der Waals surface area (Å²) in [5.41, 5.74) is 2.11. The molecular weight excluding hydrogens is 254 g/mol. The van der Waals surface area contributed by atoms with Gasteiger partial charge in [0.15, 0.2) is 5.69 Å². The lowest BCUT2D eigenvalue weighted by Gasteiger charge is -2.02. The first kappa shape index (κ1) is 12.3. The van der Waals surface area contributed by atoms with Crippen molar-refractivity contribution in [1.82, 2.24) is 14.8 Å². The first-order valence-corrected chi connectivity index (χ1v) is 6.23. The molecule has 0 saturated heterocycles. The topological polar surface area (TPSA) is 57.0 Å². The number of esters is 1. The van der Waals surface area contributed by atoms with E-state index >= 15 is 0 Å². The summed E-state index contributed by atoms with van der Waals surface area (Å²) in [5.74, 6) is -0.430. The number of benzene rings is 1. The molecule has 0 spiro atoms. The van der Waals surface area contributed by atoms with Crippen LogP contribution in [0, 0.1) is 0 Å². The van der Waals surface area contributed by atoms with E-state index in [2.05, 4.69) is 10.1 Å². The molecule has 3 aromatic rings. The Kier molecular flexibility index (Phi) is 3.16. The summed E-state index contributed by atoms with van der Waals surface area (Å²) in [7, 11) is 1.36. The van der Waals surface area contributed by atoms with Crippen LogP contribution in [0.15, 0.2) is 48.7 Å². The van der Waals surface area contributed by atoms with Gasteiger partial charge in [-0.25, -0.2) is 4.79 Å². The summed E-state index contributed by atoms with van der Waals surface area (Å²) in [6, 6.07) is 13.3. The lowest BCUT2D eigenvalue weighted by atomic mass is 10.2. The van der Waals surface area contributed by atoms with Crippen LogP contribution in [0.4, 0.5) is 0 Å². The van der Waals surface area contributed by atoms with E-state index in [1.165, 1.54) is 7.11 Å². The molecule has 0 amide bonds. The summed E-state index contributed by atoms with van der Waals surface area (Å²) in [5, 5.41) is 5.14. The second-order valence-electron chi connectivity index (χ2n) is 4.34. The molecule has 100 valence electrons. The number of para-hydroxylation sites is 1. The third-order valence-electron chi connectivity index (χ3n) is 3.07. The lowest BCUT2D eigenvalue weighted by molar-refractivity contribution is 0.0595. The third kappa shape index (κ3) is 2.14. The molecule has 0 bridgehead atoms. The molecule has 1 aromatic carbocycles. The van der Waals surface area contributed by atoms with Crippen molar-refractivity contribution in [3.63, 3.8) is 0 Å². The maximum Gasteiger partial charge on any atom is 0.359 e. The molecular formula is C15H13N3O2. The number of hydrogen-bond donors (Lipinski definition) is 0. The highest BCUT2D eigenvalue weighted by molar-refractivity contribution is 6.02. The van der Waals surface area contributed by atoms with Gasteiger partial charge in [-0.3, -0.25) is 9.67 Å². The quantitative estimate of drug-likeness (QED) is 0.683. The number of rotatable bonds is 3. The second-order valence-corrected chi connectivity index (χ2v) is 4.34. The molecule has 20 heavy (non-hydrogen) atoms. The van der Waals surface area contributed by atoms with Gasteiger partial charge in [0, 0.05) is 11.6 Å². The molecule has 0 unspecified atom stereocenters. The van der Waals surface area contributed by atoms with Crippen LogP contribution in [-0.2, 0) is 11.3 Å². The summed E-state index contributed by atoms with van der Waals surface area (Å²) in [4.78, 5) is 16.1. The maximum absolute atomic E-state index is 11.8. The van der Waals surface area contributed by atoms with Crippen molar-refractivity contribution in [2.75, 3.05) is 7.11 Å². The van der Waals surface area contributed by atoms with Crippen LogP contribution in [0.1, 0.15) is 16.2 Å². The van der Waals surface area contributed by atoms with Gasteiger partial charge >= 0.3 is 5.97 Å². The first-order chi connectivity index (χ1) is 9.79. The van der Waals surface area contributed by atoms with Crippen LogP contribution in [0.3, 0.4) is 0 Å². The number of fused-ring (bicyclic) bond motifs is 1. The molecule has 2 aromatic heterocycles. The van der Waals surface area contributed by atoms with E-state index in [4.69, 9.17) is 4.74 Å². The number of methoxy groups -OCH3 is 1. The van der Waals surface area contributed by atoms with Gasteiger partial charge in [-0.1, -0.05) is 24.3 Å². The molecule has 0 atom stereocenters. The average molecular weight is 267 g/mol. The van der Waals surface area contributed by atoms with Crippen molar-refractivity contribution in [3.05, 3.63) is 60.0 Å². The maximum atomic E-state index is 11.8. The molecule has 0 fully saturated rings. The van der Waals surface area contributed by atoms with Crippen molar-refractivity contribution < 1.29 is 9.53 Å². The van der Waals surface area contributed by atoms with E-state index < -0.39 is 5.97 Å². The zero-order valence-electron chi connectivity index (χ0n) is 11.0. The summed E-state index contributed by atoms with van der Waals surface area (Å²) < 4.78 is 6.55. The minimum atomic E-state index is -0.430. The van der Waals surface area contributed by atoms with Crippen LogP contribution >= 0.6 is 0 Å². The highest BCUT2D eigenvalue weighted by Crippen LogP contribution is 2.19. The van der Waals surface area contributed by atoms with E-state index in [-0.39, 0.29) is 0 Å². The van der Waals surface area contributed by atoms with Crippen molar-refractivity contribution >= 4 is 16.9 Å². The zero-order valence-corrected chi connectivity index (χ0v) is 11.0. The fourth-order valence-corrected chi connectivity index (χ4v) is 2.14. The number of ether oxygens (including phenoxy) is 1. The molecule has 0 aliphatic carbocycles. The second kappa shape index (κ2) is 5.13. The van der Waals surface area contributed by atoms with Crippen LogP contribution in [0.25, 0.3) is 10.9 Å². The summed E-state index contributed by atoms with van der Waals surface area (Å²) >= 11 is 0. The Morgan fingerprint density at radius 1 is 1.20 bits per heavy atom. The van der Waals surface area contributed by atoms with Crippen molar-refractivity contribution in [2.24, 2.45) is 0 Å². The van der Waals surface area contributed by atoms with Gasteiger partial charge in [-0.05, 0) is 18.2 Å². The van der Waals surface area contributed by atoms with E-state index in [1.807, 2.05) is 42.5 Å². The fourth-order valence-electron chi connectivity index (χ4n) is 2.14. The molecule has 0 radical (unpaired) electrons. The van der Waals surface area contributed by atoms with Gasteiger partial charge in [0.2, 0.25) is 0 Å². The van der Waals surface area contributed by atoms with E-state index in [0.717, 1.165) is 16.6 Å². The fraction of sp³-hybridized carbons (Fsp3) is 0.133. The van der Waals surface area contributed by atoms with Crippen LogP contribution < -0.4 is 0 Å². The Balaban J connectivity index is 2.09. The summed E-state index contributed by atoms with van der Waals surface area (Å²) in [6.07, 6.45) is 1.74. The smallest absolute Gasteiger partial charge is 0.359 e. The molecule has 0 aliphatic heterocycles. The predicted molar refractivity (Wildman–Crippen MR) is 74.4 cm³/mol.